The second-order valence-electron chi connectivity index (χ2n) is 7.37. The van der Waals surface area contributed by atoms with Crippen LogP contribution in [0.3, 0.4) is 0 Å². The molecule has 0 radical (unpaired) electrons. The third-order valence-electron chi connectivity index (χ3n) is 4.94. The van der Waals surface area contributed by atoms with E-state index in [2.05, 4.69) is 10.1 Å². The molecule has 7 heteroatoms. The molecule has 2 aromatic carbocycles. The van der Waals surface area contributed by atoms with Gasteiger partial charge in [-0.15, -0.1) is 0 Å². The summed E-state index contributed by atoms with van der Waals surface area (Å²) in [5, 5.41) is 14.9. The Labute approximate surface area is 180 Å². The van der Waals surface area contributed by atoms with Gasteiger partial charge in [-0.1, -0.05) is 60.2 Å². The maximum atomic E-state index is 12.2. The minimum absolute atomic E-state index is 0.0246. The van der Waals surface area contributed by atoms with E-state index in [4.69, 9.17) is 4.74 Å². The second-order valence-corrected chi connectivity index (χ2v) is 7.37. The van der Waals surface area contributed by atoms with E-state index in [0.717, 1.165) is 11.1 Å². The lowest BCUT2D eigenvalue weighted by molar-refractivity contribution is -0.00246. The van der Waals surface area contributed by atoms with Crippen molar-refractivity contribution in [2.24, 2.45) is 0 Å². The summed E-state index contributed by atoms with van der Waals surface area (Å²) in [5.74, 6) is 0.548. The fourth-order valence-electron chi connectivity index (χ4n) is 3.31. The SMILES string of the molecule is Cc1ccc([C@@H](OC[C@@H](O)Cn2nc(-n3ccnc3)ccc2=O)c2ccccc2)cc1. The number of imidazole rings is 1. The Hall–Kier alpha value is -3.55. The molecule has 0 saturated heterocycles. The molecule has 4 rings (SSSR count). The summed E-state index contributed by atoms with van der Waals surface area (Å²) in [4.78, 5) is 16.2. The summed E-state index contributed by atoms with van der Waals surface area (Å²) in [5.41, 5.74) is 2.87. The smallest absolute Gasteiger partial charge is 0.266 e. The molecular weight excluding hydrogens is 392 g/mol. The molecule has 7 nitrogen and oxygen atoms in total. The highest BCUT2D eigenvalue weighted by Gasteiger charge is 2.17. The number of nitrogens with zero attached hydrogens (tertiary/aromatic N) is 4. The first-order chi connectivity index (χ1) is 15.1. The quantitative estimate of drug-likeness (QED) is 0.478. The maximum Gasteiger partial charge on any atom is 0.266 e. The molecule has 31 heavy (non-hydrogen) atoms. The van der Waals surface area contributed by atoms with Crippen LogP contribution in [0.5, 0.6) is 0 Å². The number of aliphatic hydroxyl groups is 1. The number of benzene rings is 2. The number of hydrogen-bond acceptors (Lipinski definition) is 5. The van der Waals surface area contributed by atoms with Crippen molar-refractivity contribution in [3.8, 4) is 5.82 Å². The normalized spacial score (nSPS) is 13.1. The van der Waals surface area contributed by atoms with Gasteiger partial charge in [-0.05, 0) is 24.1 Å². The number of rotatable bonds is 8. The zero-order valence-corrected chi connectivity index (χ0v) is 17.2. The van der Waals surface area contributed by atoms with Gasteiger partial charge in [0.1, 0.15) is 12.4 Å². The van der Waals surface area contributed by atoms with Crippen molar-refractivity contribution in [1.82, 2.24) is 19.3 Å². The summed E-state index contributed by atoms with van der Waals surface area (Å²) >= 11 is 0. The summed E-state index contributed by atoms with van der Waals surface area (Å²) in [6.45, 7) is 2.11. The molecule has 0 fully saturated rings. The Morgan fingerprint density at radius 3 is 2.45 bits per heavy atom. The van der Waals surface area contributed by atoms with Gasteiger partial charge in [0.15, 0.2) is 5.82 Å². The lowest BCUT2D eigenvalue weighted by atomic mass is 10.0. The van der Waals surface area contributed by atoms with Crippen molar-refractivity contribution in [3.05, 3.63) is 112 Å². The third-order valence-corrected chi connectivity index (χ3v) is 4.94. The van der Waals surface area contributed by atoms with Gasteiger partial charge in [0, 0.05) is 18.5 Å². The van der Waals surface area contributed by atoms with E-state index in [9.17, 15) is 9.90 Å². The van der Waals surface area contributed by atoms with Crippen molar-refractivity contribution < 1.29 is 9.84 Å². The van der Waals surface area contributed by atoms with E-state index in [-0.39, 0.29) is 24.8 Å². The van der Waals surface area contributed by atoms with Gasteiger partial charge in [0.25, 0.3) is 5.56 Å². The molecule has 0 bridgehead atoms. The molecule has 4 aromatic rings. The molecule has 0 saturated carbocycles. The first-order valence-corrected chi connectivity index (χ1v) is 10.1. The van der Waals surface area contributed by atoms with Gasteiger partial charge in [0.05, 0.1) is 19.3 Å². The first kappa shape index (κ1) is 20.7. The number of aromatic nitrogens is 4. The predicted molar refractivity (Wildman–Crippen MR) is 117 cm³/mol. The highest BCUT2D eigenvalue weighted by atomic mass is 16.5. The van der Waals surface area contributed by atoms with Crippen LogP contribution in [0, 0.1) is 6.92 Å². The van der Waals surface area contributed by atoms with Gasteiger partial charge < -0.3 is 9.84 Å². The highest BCUT2D eigenvalue weighted by molar-refractivity contribution is 5.31. The first-order valence-electron chi connectivity index (χ1n) is 10.1. The van der Waals surface area contributed by atoms with Crippen LogP contribution in [-0.2, 0) is 11.3 Å². The zero-order chi connectivity index (χ0) is 21.6. The molecule has 0 aliphatic heterocycles. The van der Waals surface area contributed by atoms with Gasteiger partial charge in [0.2, 0.25) is 0 Å². The van der Waals surface area contributed by atoms with Crippen molar-refractivity contribution in [2.75, 3.05) is 6.61 Å². The van der Waals surface area contributed by atoms with Crippen LogP contribution in [0.15, 0.2) is 90.2 Å². The summed E-state index contributed by atoms with van der Waals surface area (Å²) in [6, 6.07) is 21.0. The van der Waals surface area contributed by atoms with Crippen LogP contribution in [0.25, 0.3) is 5.82 Å². The van der Waals surface area contributed by atoms with Crippen LogP contribution < -0.4 is 5.56 Å². The van der Waals surface area contributed by atoms with Gasteiger partial charge >= 0.3 is 0 Å². The Balaban J connectivity index is 1.48. The van der Waals surface area contributed by atoms with E-state index in [1.54, 1.807) is 29.4 Å². The monoisotopic (exact) mass is 416 g/mol. The Bertz CT molecular complexity index is 1160. The molecule has 0 amide bonds. The summed E-state index contributed by atoms with van der Waals surface area (Å²) in [7, 11) is 0. The largest absolute Gasteiger partial charge is 0.389 e. The molecule has 0 aliphatic rings. The topological polar surface area (TPSA) is 82.2 Å². The van der Waals surface area contributed by atoms with E-state index in [0.29, 0.717) is 5.82 Å². The lowest BCUT2D eigenvalue weighted by Crippen LogP contribution is -2.31. The molecule has 0 spiro atoms. The van der Waals surface area contributed by atoms with E-state index < -0.39 is 6.10 Å². The lowest BCUT2D eigenvalue weighted by Gasteiger charge is -2.21. The van der Waals surface area contributed by atoms with E-state index in [1.165, 1.54) is 16.3 Å². The minimum Gasteiger partial charge on any atom is -0.389 e. The highest BCUT2D eigenvalue weighted by Crippen LogP contribution is 2.26. The van der Waals surface area contributed by atoms with Gasteiger partial charge in [-0.3, -0.25) is 9.36 Å². The average Bonchev–Trinajstić information content (AvgIpc) is 3.32. The molecule has 1 N–H and O–H groups in total. The standard InChI is InChI=1S/C24H24N4O3/c1-18-7-9-20(10-8-18)24(19-5-3-2-4-6-19)31-16-21(29)15-28-23(30)12-11-22(26-28)27-14-13-25-17-27/h2-14,17,21,24,29H,15-16H2,1H3/t21-,24-/m0/s1. The predicted octanol–water partition coefficient (Wildman–Crippen LogP) is 2.90. The fraction of sp³-hybridized carbons (Fsp3) is 0.208. The molecule has 0 unspecified atom stereocenters. The second kappa shape index (κ2) is 9.51. The van der Waals surface area contributed by atoms with Gasteiger partial charge in [-0.2, -0.15) is 5.10 Å². The molecule has 0 aliphatic carbocycles. The van der Waals surface area contributed by atoms with Crippen LogP contribution in [0.4, 0.5) is 0 Å². The van der Waals surface area contributed by atoms with Crippen molar-refractivity contribution in [2.45, 2.75) is 25.7 Å². The van der Waals surface area contributed by atoms with Crippen molar-refractivity contribution >= 4 is 0 Å². The van der Waals surface area contributed by atoms with Crippen LogP contribution in [0.1, 0.15) is 22.8 Å². The van der Waals surface area contributed by atoms with Gasteiger partial charge in [-0.25, -0.2) is 9.67 Å². The summed E-state index contributed by atoms with van der Waals surface area (Å²) < 4.78 is 9.06. The summed E-state index contributed by atoms with van der Waals surface area (Å²) in [6.07, 6.45) is 3.75. The molecule has 158 valence electrons. The molecule has 2 heterocycles. The molecule has 2 atom stereocenters. The Morgan fingerprint density at radius 2 is 1.74 bits per heavy atom. The number of aliphatic hydroxyl groups excluding tert-OH is 1. The van der Waals surface area contributed by atoms with Crippen LogP contribution in [0.2, 0.25) is 0 Å². The van der Waals surface area contributed by atoms with E-state index >= 15 is 0 Å². The maximum absolute atomic E-state index is 12.2. The Kier molecular flexibility index (Phi) is 6.35. The Morgan fingerprint density at radius 1 is 1.00 bits per heavy atom. The number of ether oxygens (including phenoxy) is 1. The molecule has 2 aromatic heterocycles. The van der Waals surface area contributed by atoms with Crippen molar-refractivity contribution in [1.29, 1.82) is 0 Å². The minimum atomic E-state index is -0.903. The van der Waals surface area contributed by atoms with E-state index in [1.807, 2.05) is 61.5 Å². The number of aryl methyl sites for hydroxylation is 1. The molecular formula is C24H24N4O3. The van der Waals surface area contributed by atoms with Crippen molar-refractivity contribution in [3.63, 3.8) is 0 Å². The average molecular weight is 416 g/mol. The number of hydrogen-bond donors (Lipinski definition) is 1. The third kappa shape index (κ3) is 5.14. The zero-order valence-electron chi connectivity index (χ0n) is 17.2. The fourth-order valence-corrected chi connectivity index (χ4v) is 3.31. The van der Waals surface area contributed by atoms with Crippen LogP contribution >= 0.6 is 0 Å². The van der Waals surface area contributed by atoms with Crippen LogP contribution in [-0.4, -0.2) is 37.1 Å².